The van der Waals surface area contributed by atoms with Crippen LogP contribution in [0.3, 0.4) is 0 Å². The van der Waals surface area contributed by atoms with Crippen LogP contribution in [0.15, 0.2) is 12.2 Å². The third-order valence-corrected chi connectivity index (χ3v) is 1.69. The van der Waals surface area contributed by atoms with Crippen molar-refractivity contribution in [3.05, 3.63) is 12.2 Å². The number of hydrogen-bond acceptors (Lipinski definition) is 0. The molecular weight excluding hydrogens is 108 g/mol. The highest BCUT2D eigenvalue weighted by Crippen LogP contribution is 2.08. The number of allylic oxidation sites excluding steroid dienone is 2. The zero-order valence-electron chi connectivity index (χ0n) is 6.85. The molecule has 0 radical (unpaired) electrons. The minimum Gasteiger partial charge on any atom is -0.0885 e. The molecule has 0 bridgehead atoms. The molecule has 0 aliphatic rings. The van der Waals surface area contributed by atoms with Gasteiger partial charge in [-0.15, -0.1) is 0 Å². The van der Waals surface area contributed by atoms with E-state index >= 15 is 0 Å². The molecule has 0 aromatic carbocycles. The highest BCUT2D eigenvalue weighted by atomic mass is 14.0. The Morgan fingerprint density at radius 2 is 1.67 bits per heavy atom. The third-order valence-electron chi connectivity index (χ3n) is 1.69. The first kappa shape index (κ1) is 8.74. The Hall–Kier alpha value is -0.260. The fraction of sp³-hybridized carbons (Fsp3) is 0.778. The molecule has 0 aromatic heterocycles. The van der Waals surface area contributed by atoms with Gasteiger partial charge in [0.15, 0.2) is 0 Å². The van der Waals surface area contributed by atoms with Gasteiger partial charge in [0, 0.05) is 0 Å². The highest BCUT2D eigenvalue weighted by molar-refractivity contribution is 4.85. The Kier molecular flexibility index (Phi) is 5.70. The van der Waals surface area contributed by atoms with Crippen LogP contribution in [0.5, 0.6) is 0 Å². The second-order valence-electron chi connectivity index (χ2n) is 2.41. The first-order valence-electron chi connectivity index (χ1n) is 4.01. The molecule has 0 aromatic rings. The van der Waals surface area contributed by atoms with E-state index in [4.69, 9.17) is 0 Å². The molecule has 0 spiro atoms. The fourth-order valence-electron chi connectivity index (χ4n) is 0.889. The van der Waals surface area contributed by atoms with Gasteiger partial charge in [-0.1, -0.05) is 32.9 Å². The maximum absolute atomic E-state index is 2.33. The van der Waals surface area contributed by atoms with Gasteiger partial charge in [-0.05, 0) is 25.2 Å². The van der Waals surface area contributed by atoms with Gasteiger partial charge in [0.25, 0.3) is 0 Å². The summed E-state index contributed by atoms with van der Waals surface area (Å²) in [7, 11) is 0. The van der Waals surface area contributed by atoms with Crippen LogP contribution < -0.4 is 0 Å². The summed E-state index contributed by atoms with van der Waals surface area (Å²) in [6.07, 6.45) is 8.34. The quantitative estimate of drug-likeness (QED) is 0.506. The van der Waals surface area contributed by atoms with Crippen molar-refractivity contribution in [3.8, 4) is 0 Å². The lowest BCUT2D eigenvalue weighted by Gasteiger charge is -2.03. The van der Waals surface area contributed by atoms with Crippen molar-refractivity contribution < 1.29 is 0 Å². The van der Waals surface area contributed by atoms with Crippen molar-refractivity contribution in [3.63, 3.8) is 0 Å². The van der Waals surface area contributed by atoms with Crippen molar-refractivity contribution in [2.24, 2.45) is 5.92 Å². The lowest BCUT2D eigenvalue weighted by molar-refractivity contribution is 0.604. The molecule has 0 saturated carbocycles. The second-order valence-corrected chi connectivity index (χ2v) is 2.41. The average Bonchev–Trinajstić information content (AvgIpc) is 1.91. The molecule has 54 valence electrons. The molecule has 0 nitrogen and oxygen atoms in total. The van der Waals surface area contributed by atoms with Crippen LogP contribution in [0.1, 0.15) is 40.0 Å². The molecule has 0 amide bonds. The zero-order chi connectivity index (χ0) is 7.11. The second kappa shape index (κ2) is 5.87. The van der Waals surface area contributed by atoms with Gasteiger partial charge < -0.3 is 0 Å². The minimum atomic E-state index is 0.824. The minimum absolute atomic E-state index is 0.824. The lowest BCUT2D eigenvalue weighted by Crippen LogP contribution is -1.89. The molecule has 0 fully saturated rings. The van der Waals surface area contributed by atoms with E-state index in [0.29, 0.717) is 0 Å². The van der Waals surface area contributed by atoms with Gasteiger partial charge in [-0.2, -0.15) is 0 Å². The van der Waals surface area contributed by atoms with Gasteiger partial charge in [0.1, 0.15) is 0 Å². The van der Waals surface area contributed by atoms with Crippen molar-refractivity contribution >= 4 is 0 Å². The Morgan fingerprint density at radius 1 is 1.11 bits per heavy atom. The van der Waals surface area contributed by atoms with E-state index < -0.39 is 0 Å². The summed E-state index contributed by atoms with van der Waals surface area (Å²) in [6.45, 7) is 6.67. The monoisotopic (exact) mass is 126 g/mol. The Balaban J connectivity index is 3.41. The molecule has 0 heterocycles. The van der Waals surface area contributed by atoms with Crippen molar-refractivity contribution in [2.45, 2.75) is 40.0 Å². The van der Waals surface area contributed by atoms with Gasteiger partial charge in [0.05, 0.1) is 0 Å². The van der Waals surface area contributed by atoms with E-state index in [0.717, 1.165) is 5.92 Å². The zero-order valence-corrected chi connectivity index (χ0v) is 6.85. The molecule has 0 aliphatic heterocycles. The summed E-state index contributed by atoms with van der Waals surface area (Å²) in [6, 6.07) is 0. The van der Waals surface area contributed by atoms with Crippen LogP contribution in [0.4, 0.5) is 0 Å². The first-order chi connectivity index (χ1) is 4.35. The summed E-state index contributed by atoms with van der Waals surface area (Å²) in [4.78, 5) is 0. The molecule has 9 heavy (non-hydrogen) atoms. The molecule has 0 aliphatic carbocycles. The van der Waals surface area contributed by atoms with Gasteiger partial charge >= 0.3 is 0 Å². The van der Waals surface area contributed by atoms with E-state index in [9.17, 15) is 0 Å². The SMILES string of the molecule is CC/C=C/C(CC)CC. The summed E-state index contributed by atoms with van der Waals surface area (Å²) >= 11 is 0. The highest BCUT2D eigenvalue weighted by Gasteiger charge is 1.94. The van der Waals surface area contributed by atoms with Crippen molar-refractivity contribution in [1.29, 1.82) is 0 Å². The summed E-state index contributed by atoms with van der Waals surface area (Å²) in [5, 5.41) is 0. The summed E-state index contributed by atoms with van der Waals surface area (Å²) in [5.41, 5.74) is 0. The maximum Gasteiger partial charge on any atom is -0.0239 e. The topological polar surface area (TPSA) is 0 Å². The van der Waals surface area contributed by atoms with Crippen LogP contribution in [-0.2, 0) is 0 Å². The smallest absolute Gasteiger partial charge is 0.0239 e. The summed E-state index contributed by atoms with van der Waals surface area (Å²) < 4.78 is 0. The van der Waals surface area contributed by atoms with Crippen LogP contribution >= 0.6 is 0 Å². The predicted molar refractivity (Wildman–Crippen MR) is 43.5 cm³/mol. The Morgan fingerprint density at radius 3 is 2.00 bits per heavy atom. The number of hydrogen-bond donors (Lipinski definition) is 0. The normalized spacial score (nSPS) is 11.6. The average molecular weight is 126 g/mol. The van der Waals surface area contributed by atoms with Crippen LogP contribution in [0, 0.1) is 5.92 Å². The Bertz CT molecular complexity index is 68.1. The first-order valence-corrected chi connectivity index (χ1v) is 4.01. The molecule has 0 unspecified atom stereocenters. The van der Waals surface area contributed by atoms with Gasteiger partial charge in [0.2, 0.25) is 0 Å². The Labute approximate surface area is 59.0 Å². The molecule has 0 heteroatoms. The number of rotatable bonds is 4. The lowest BCUT2D eigenvalue weighted by atomic mass is 10.0. The maximum atomic E-state index is 2.33. The van der Waals surface area contributed by atoms with E-state index in [1.165, 1.54) is 19.3 Å². The van der Waals surface area contributed by atoms with E-state index in [-0.39, 0.29) is 0 Å². The van der Waals surface area contributed by atoms with Crippen LogP contribution in [-0.4, -0.2) is 0 Å². The van der Waals surface area contributed by atoms with Gasteiger partial charge in [-0.3, -0.25) is 0 Å². The predicted octanol–water partition coefficient (Wildman–Crippen LogP) is 3.39. The van der Waals surface area contributed by atoms with E-state index in [1.54, 1.807) is 0 Å². The van der Waals surface area contributed by atoms with E-state index in [2.05, 4.69) is 32.9 Å². The van der Waals surface area contributed by atoms with Crippen LogP contribution in [0.2, 0.25) is 0 Å². The van der Waals surface area contributed by atoms with Crippen molar-refractivity contribution in [2.75, 3.05) is 0 Å². The largest absolute Gasteiger partial charge is 0.0885 e. The molecular formula is C9H18. The molecule has 0 saturated heterocycles. The van der Waals surface area contributed by atoms with E-state index in [1.807, 2.05) is 0 Å². The summed E-state index contributed by atoms with van der Waals surface area (Å²) in [5.74, 6) is 0.824. The molecule has 0 N–H and O–H groups in total. The standard InChI is InChI=1S/C9H18/c1-4-7-8-9(5-2)6-3/h7-9H,4-6H2,1-3H3/b8-7+. The van der Waals surface area contributed by atoms with Gasteiger partial charge in [-0.25, -0.2) is 0 Å². The fourth-order valence-corrected chi connectivity index (χ4v) is 0.889. The third kappa shape index (κ3) is 4.26. The molecule has 0 rings (SSSR count). The molecule has 0 atom stereocenters. The van der Waals surface area contributed by atoms with Crippen molar-refractivity contribution in [1.82, 2.24) is 0 Å². The van der Waals surface area contributed by atoms with Crippen LogP contribution in [0.25, 0.3) is 0 Å².